The van der Waals surface area contributed by atoms with Gasteiger partial charge in [-0.05, 0) is 11.1 Å². The average Bonchev–Trinajstić information content (AvgIpc) is 4.26. The number of hydrogen-bond donors (Lipinski definition) is 0. The van der Waals surface area contributed by atoms with E-state index in [2.05, 4.69) is 318 Å². The van der Waals surface area contributed by atoms with Crippen molar-refractivity contribution in [3.05, 3.63) is 302 Å². The molecule has 0 bridgehead atoms. The molecule has 0 fully saturated rings. The van der Waals surface area contributed by atoms with Gasteiger partial charge in [0.15, 0.2) is 0 Å². The Morgan fingerprint density at radius 3 is 0.795 bits per heavy atom. The zero-order valence-corrected chi connectivity index (χ0v) is 52.9. The standard InChI is InChI=1S/2C16H13.2C13H9.2C7H8Si.2ClH.2Zr/c2*1-12-10-14-8-5-9-15(16(14)11-12)13-6-3-2-4-7-13;2*1-3-7-12-10(5-1)9-11-6-2-4-8-13(11)12;2*1-8-7-5-3-2-4-6-7;;;;/h2*2-11H,1H3;2*1-9H;2*2-6H,1H3;2*1H;;/q4*-1;;;;;2*+2/p-2. The molecule has 0 N–H and O–H groups in total. The first kappa shape index (κ1) is 59.6. The third-order valence-corrected chi connectivity index (χ3v) is 20.1. The molecule has 6 heteroatoms. The predicted octanol–water partition coefficient (Wildman–Crippen LogP) is 12.6. The molecule has 0 saturated carbocycles. The molecule has 14 aromatic rings. The minimum atomic E-state index is -0.122. The number of fused-ring (bicyclic) bond motifs is 8. The Kier molecular flexibility index (Phi) is 22.8. The molecule has 380 valence electrons. The topological polar surface area (TPSA) is 0 Å². The van der Waals surface area contributed by atoms with Crippen LogP contribution in [0.2, 0.25) is 13.1 Å². The fourth-order valence-electron chi connectivity index (χ4n) is 9.69. The van der Waals surface area contributed by atoms with Gasteiger partial charge in [-0.1, -0.05) is 171 Å². The van der Waals surface area contributed by atoms with Gasteiger partial charge in [-0.2, -0.15) is 12.1 Å². The predicted molar refractivity (Wildman–Crippen MR) is 329 cm³/mol. The summed E-state index contributed by atoms with van der Waals surface area (Å²) in [5, 5.41) is 19.3. The molecule has 0 amide bonds. The van der Waals surface area contributed by atoms with Gasteiger partial charge in [-0.3, -0.25) is 0 Å². The number of halogens is 2. The Balaban J connectivity index is 0.000000137. The summed E-state index contributed by atoms with van der Waals surface area (Å²) < 4.78 is 0. The Labute approximate surface area is 503 Å². The van der Waals surface area contributed by atoms with Gasteiger partial charge in [0.2, 0.25) is 0 Å². The maximum Gasteiger partial charge on any atom is -0.0279 e. The fourth-order valence-corrected chi connectivity index (χ4v) is 13.5. The Morgan fingerprint density at radius 1 is 0.269 bits per heavy atom. The number of hydrogen-bond acceptors (Lipinski definition) is 0. The molecule has 0 aromatic heterocycles. The molecule has 78 heavy (non-hydrogen) atoms. The van der Waals surface area contributed by atoms with Crippen LogP contribution in [0.25, 0.3) is 86.9 Å². The minimum absolute atomic E-state index is 0. The van der Waals surface area contributed by atoms with Crippen LogP contribution in [-0.4, -0.2) is 10.9 Å². The first-order valence-corrected chi connectivity index (χ1v) is 37.3. The van der Waals surface area contributed by atoms with Gasteiger partial charge in [-0.15, -0.1) is 149 Å². The van der Waals surface area contributed by atoms with Crippen LogP contribution in [0.5, 0.6) is 0 Å². The van der Waals surface area contributed by atoms with Gasteiger partial charge in [0.05, 0.1) is 0 Å². The van der Waals surface area contributed by atoms with E-state index in [4.69, 9.17) is 0 Å². The normalized spacial score (nSPS) is 10.3. The second-order valence-electron chi connectivity index (χ2n) is 19.0. The van der Waals surface area contributed by atoms with Crippen molar-refractivity contribution >= 4 is 85.9 Å². The molecule has 14 rings (SSSR count). The van der Waals surface area contributed by atoms with Gasteiger partial charge in [0.1, 0.15) is 0 Å². The zero-order valence-electron chi connectivity index (χ0n) is 44.5. The summed E-state index contributed by atoms with van der Waals surface area (Å²) in [6, 6.07) is 103. The van der Waals surface area contributed by atoms with Gasteiger partial charge in [-0.25, -0.2) is 0 Å². The largest absolute Gasteiger partial charge is 1.00 e. The van der Waals surface area contributed by atoms with E-state index in [1.165, 1.54) is 98.0 Å². The summed E-state index contributed by atoms with van der Waals surface area (Å²) in [7, 11) is 0. The summed E-state index contributed by atoms with van der Waals surface area (Å²) in [5.74, 6) is 0. The third-order valence-electron chi connectivity index (χ3n) is 13.4. The smallest absolute Gasteiger partial charge is 0.0279 e. The second kappa shape index (κ2) is 29.8. The van der Waals surface area contributed by atoms with Crippen molar-refractivity contribution < 1.29 is 71.5 Å². The number of benzene rings is 10. The molecule has 0 radical (unpaired) electrons. The summed E-state index contributed by atoms with van der Waals surface area (Å²) in [6.07, 6.45) is 0. The van der Waals surface area contributed by atoms with Crippen LogP contribution in [0.1, 0.15) is 11.1 Å². The quantitative estimate of drug-likeness (QED) is 0.122. The Bertz CT molecular complexity index is 3760. The van der Waals surface area contributed by atoms with Crippen LogP contribution in [0.4, 0.5) is 0 Å². The van der Waals surface area contributed by atoms with Gasteiger partial charge < -0.3 is 24.8 Å². The molecule has 0 heterocycles. The van der Waals surface area contributed by atoms with Crippen molar-refractivity contribution in [3.63, 3.8) is 0 Å². The van der Waals surface area contributed by atoms with E-state index in [1.807, 2.05) is 0 Å². The van der Waals surface area contributed by atoms with Gasteiger partial charge >= 0.3 is 142 Å². The van der Waals surface area contributed by atoms with E-state index < -0.39 is 0 Å². The van der Waals surface area contributed by atoms with Crippen LogP contribution in [-0.2, 0) is 46.7 Å². The van der Waals surface area contributed by atoms with Gasteiger partial charge in [0.25, 0.3) is 0 Å². The molecule has 0 spiro atoms. The van der Waals surface area contributed by atoms with E-state index in [0.717, 1.165) is 0 Å². The molecule has 0 aliphatic rings. The van der Waals surface area contributed by atoms with E-state index in [-0.39, 0.29) is 35.7 Å². The van der Waals surface area contributed by atoms with Crippen molar-refractivity contribution in [1.82, 2.24) is 0 Å². The van der Waals surface area contributed by atoms with Crippen molar-refractivity contribution in [1.29, 1.82) is 0 Å². The van der Waals surface area contributed by atoms with Gasteiger partial charge in [0, 0.05) is 0 Å². The summed E-state index contributed by atoms with van der Waals surface area (Å²) in [4.78, 5) is 0. The Hall–Kier alpha value is -6.06. The van der Waals surface area contributed by atoms with Crippen molar-refractivity contribution in [2.24, 2.45) is 0 Å². The van der Waals surface area contributed by atoms with Crippen molar-refractivity contribution in [3.8, 4) is 22.3 Å². The average molecular weight is 1230 g/mol. The van der Waals surface area contributed by atoms with E-state index in [1.54, 1.807) is 57.0 Å². The first-order valence-electron chi connectivity index (χ1n) is 25.9. The Morgan fingerprint density at radius 2 is 0.513 bits per heavy atom. The second-order valence-corrected chi connectivity index (χ2v) is 33.7. The third kappa shape index (κ3) is 15.6. The fraction of sp³-hybridized carbons (Fsp3) is 0.0556. The molecule has 14 aromatic carbocycles. The van der Waals surface area contributed by atoms with E-state index in [0.29, 0.717) is 0 Å². The van der Waals surface area contributed by atoms with E-state index >= 15 is 0 Å². The van der Waals surface area contributed by atoms with Crippen LogP contribution >= 0.6 is 0 Å². The summed E-state index contributed by atoms with van der Waals surface area (Å²) in [5.41, 5.74) is 7.65. The van der Waals surface area contributed by atoms with Crippen LogP contribution < -0.4 is 35.2 Å². The van der Waals surface area contributed by atoms with E-state index in [9.17, 15) is 0 Å². The van der Waals surface area contributed by atoms with Crippen LogP contribution in [0.3, 0.4) is 0 Å². The molecular weight excluding hydrogens is 1170 g/mol. The SMILES string of the molecule is C[Si](=[Zr+2])c1ccccc1.C[Si](=[Zr+2])c1ccccc1.Cc1cc2c(-c3ccccc3)cccc2[cH-]1.Cc1cc2c(-c3ccccc3)cccc2[cH-]1.[Cl-].[Cl-].c1ccc2c(c1)[cH-]c1ccccc12.c1ccc2c(c1)[cH-]c1ccccc12. The first-order chi connectivity index (χ1) is 37.2. The monoisotopic (exact) mass is 1230 g/mol. The molecule has 0 aliphatic heterocycles. The maximum absolute atomic E-state index is 2.35. The summed E-state index contributed by atoms with van der Waals surface area (Å²) >= 11 is 3.38. The van der Waals surface area contributed by atoms with Crippen molar-refractivity contribution in [2.75, 3.05) is 0 Å². The number of rotatable bonds is 4. The molecular formula is C72H60Cl2Si2Zr2-2. The van der Waals surface area contributed by atoms with Crippen LogP contribution in [0.15, 0.2) is 291 Å². The number of aryl methyl sites for hydroxylation is 2. The molecule has 0 unspecified atom stereocenters. The maximum atomic E-state index is 2.35. The molecule has 0 aliphatic carbocycles. The zero-order chi connectivity index (χ0) is 52.6. The molecule has 0 saturated heterocycles. The minimum Gasteiger partial charge on any atom is -1.00 e. The molecule has 0 atom stereocenters. The van der Waals surface area contributed by atoms with Crippen LogP contribution in [0, 0.1) is 13.8 Å². The van der Waals surface area contributed by atoms with Crippen molar-refractivity contribution in [2.45, 2.75) is 26.9 Å². The molecule has 0 nitrogen and oxygen atoms in total. The summed E-state index contributed by atoms with van der Waals surface area (Å²) in [6.45, 7) is 8.99.